The van der Waals surface area contributed by atoms with Crippen molar-refractivity contribution in [2.24, 2.45) is 5.16 Å². The Balaban J connectivity index is 1.74. The largest absolute Gasteiger partial charge is 0.487 e. The van der Waals surface area contributed by atoms with Crippen LogP contribution in [0.25, 0.3) is 0 Å². The zero-order valence-corrected chi connectivity index (χ0v) is 10.7. The van der Waals surface area contributed by atoms with Crippen molar-refractivity contribution in [1.82, 2.24) is 0 Å². The molecule has 1 unspecified atom stereocenters. The molecule has 0 saturated carbocycles. The third kappa shape index (κ3) is 2.54. The second-order valence-corrected chi connectivity index (χ2v) is 4.44. The highest BCUT2D eigenvalue weighted by molar-refractivity contribution is 6.10. The highest BCUT2D eigenvalue weighted by atomic mass is 16.7. The number of carbonyl (C=O) groups excluding carboxylic acids is 1. The van der Waals surface area contributed by atoms with Gasteiger partial charge in [-0.1, -0.05) is 53.7 Å². The predicted molar refractivity (Wildman–Crippen MR) is 74.6 cm³/mol. The Kier molecular flexibility index (Phi) is 3.46. The van der Waals surface area contributed by atoms with E-state index in [0.29, 0.717) is 5.71 Å². The Hall–Kier alpha value is -2.62. The number of carbonyl (C=O) groups is 1. The van der Waals surface area contributed by atoms with Crippen molar-refractivity contribution in [1.29, 1.82) is 0 Å². The van der Waals surface area contributed by atoms with Gasteiger partial charge < -0.3 is 9.57 Å². The molecule has 0 radical (unpaired) electrons. The first-order valence-corrected chi connectivity index (χ1v) is 6.35. The van der Waals surface area contributed by atoms with Crippen molar-refractivity contribution < 1.29 is 14.4 Å². The summed E-state index contributed by atoms with van der Waals surface area (Å²) in [7, 11) is 0. The van der Waals surface area contributed by atoms with Crippen LogP contribution in [-0.4, -0.2) is 18.3 Å². The molecular weight excluding hydrogens is 254 g/mol. The minimum atomic E-state index is -0.472. The zero-order valence-electron chi connectivity index (χ0n) is 10.7. The van der Waals surface area contributed by atoms with Gasteiger partial charge >= 0.3 is 5.97 Å². The van der Waals surface area contributed by atoms with Crippen LogP contribution in [0.4, 0.5) is 0 Å². The van der Waals surface area contributed by atoms with Gasteiger partial charge in [0.25, 0.3) is 0 Å². The van der Waals surface area contributed by atoms with Gasteiger partial charge in [-0.25, -0.2) is 4.79 Å². The highest BCUT2D eigenvalue weighted by Gasteiger charge is 2.34. The van der Waals surface area contributed by atoms with Gasteiger partial charge in [0.15, 0.2) is 0 Å². The molecule has 0 aromatic heterocycles. The number of ether oxygens (including phenoxy) is 1. The number of rotatable bonds is 4. The van der Waals surface area contributed by atoms with Crippen LogP contribution in [0.3, 0.4) is 0 Å². The van der Waals surface area contributed by atoms with Crippen LogP contribution in [0, 0.1) is 0 Å². The Morgan fingerprint density at radius 1 is 1.00 bits per heavy atom. The lowest BCUT2D eigenvalue weighted by Crippen LogP contribution is -2.21. The van der Waals surface area contributed by atoms with E-state index in [4.69, 9.17) is 9.57 Å². The molecule has 0 spiro atoms. The van der Waals surface area contributed by atoms with Crippen LogP contribution in [0.15, 0.2) is 65.8 Å². The number of oxime groups is 1. The Bertz CT molecular complexity index is 623. The normalized spacial score (nSPS) is 17.5. The molecule has 4 nitrogen and oxygen atoms in total. The quantitative estimate of drug-likeness (QED) is 0.800. The molecule has 2 aromatic carbocycles. The SMILES string of the molecule is O=C1ON=C(COc2ccccc2)C1c1ccccc1. The van der Waals surface area contributed by atoms with Crippen LogP contribution in [0.1, 0.15) is 11.5 Å². The zero-order chi connectivity index (χ0) is 13.8. The average molecular weight is 267 g/mol. The molecule has 1 aliphatic heterocycles. The number of benzene rings is 2. The maximum Gasteiger partial charge on any atom is 0.348 e. The predicted octanol–water partition coefficient (Wildman–Crippen LogP) is 2.76. The van der Waals surface area contributed by atoms with Gasteiger partial charge in [0, 0.05) is 0 Å². The van der Waals surface area contributed by atoms with Gasteiger partial charge in [-0.2, -0.15) is 0 Å². The lowest BCUT2D eigenvalue weighted by atomic mass is 9.95. The van der Waals surface area contributed by atoms with Crippen molar-refractivity contribution in [3.05, 3.63) is 66.2 Å². The standard InChI is InChI=1S/C16H13NO3/c18-16-15(12-7-3-1-4-8-12)14(17-20-16)11-19-13-9-5-2-6-10-13/h1-10,15H,11H2. The molecule has 3 rings (SSSR count). The summed E-state index contributed by atoms with van der Waals surface area (Å²) >= 11 is 0. The molecule has 100 valence electrons. The number of hydrogen-bond donors (Lipinski definition) is 0. The van der Waals surface area contributed by atoms with E-state index < -0.39 is 5.92 Å². The van der Waals surface area contributed by atoms with Gasteiger partial charge in [0.05, 0.1) is 0 Å². The van der Waals surface area contributed by atoms with Crippen molar-refractivity contribution in [2.45, 2.75) is 5.92 Å². The molecule has 0 saturated heterocycles. The van der Waals surface area contributed by atoms with Crippen LogP contribution in [0.2, 0.25) is 0 Å². The molecule has 1 atom stereocenters. The fourth-order valence-electron chi connectivity index (χ4n) is 2.10. The van der Waals surface area contributed by atoms with E-state index in [1.54, 1.807) is 0 Å². The summed E-state index contributed by atoms with van der Waals surface area (Å²) in [6.45, 7) is 0.231. The first kappa shape index (κ1) is 12.4. The summed E-state index contributed by atoms with van der Waals surface area (Å²) < 4.78 is 5.63. The smallest absolute Gasteiger partial charge is 0.348 e. The third-order valence-corrected chi connectivity index (χ3v) is 3.08. The van der Waals surface area contributed by atoms with Gasteiger partial charge in [-0.3, -0.25) is 0 Å². The third-order valence-electron chi connectivity index (χ3n) is 3.08. The molecule has 0 aliphatic carbocycles. The molecular formula is C16H13NO3. The van der Waals surface area contributed by atoms with Gasteiger partial charge in [0.1, 0.15) is 24.0 Å². The van der Waals surface area contributed by atoms with Crippen LogP contribution in [0.5, 0.6) is 5.75 Å². The maximum atomic E-state index is 11.8. The Morgan fingerprint density at radius 2 is 1.65 bits per heavy atom. The highest BCUT2D eigenvalue weighted by Crippen LogP contribution is 2.25. The van der Waals surface area contributed by atoms with E-state index in [-0.39, 0.29) is 12.6 Å². The van der Waals surface area contributed by atoms with Gasteiger partial charge in [0.2, 0.25) is 0 Å². The molecule has 2 aromatic rings. The summed E-state index contributed by atoms with van der Waals surface area (Å²) in [6.07, 6.45) is 0. The fraction of sp³-hybridized carbons (Fsp3) is 0.125. The van der Waals surface area contributed by atoms with Gasteiger partial charge in [-0.05, 0) is 17.7 Å². The van der Waals surface area contributed by atoms with Crippen molar-refractivity contribution >= 4 is 11.7 Å². The fourth-order valence-corrected chi connectivity index (χ4v) is 2.10. The van der Waals surface area contributed by atoms with Crippen LogP contribution < -0.4 is 4.74 Å². The summed E-state index contributed by atoms with van der Waals surface area (Å²) in [4.78, 5) is 16.6. The number of para-hydroxylation sites is 1. The lowest BCUT2D eigenvalue weighted by molar-refractivity contribution is -0.141. The summed E-state index contributed by atoms with van der Waals surface area (Å²) in [6, 6.07) is 18.9. The van der Waals surface area contributed by atoms with E-state index >= 15 is 0 Å². The molecule has 0 fully saturated rings. The number of hydrogen-bond acceptors (Lipinski definition) is 4. The summed E-state index contributed by atoms with van der Waals surface area (Å²) in [5.41, 5.74) is 1.45. The molecule has 1 heterocycles. The van der Waals surface area contributed by atoms with Crippen molar-refractivity contribution in [2.75, 3.05) is 6.61 Å². The summed E-state index contributed by atoms with van der Waals surface area (Å²) in [5.74, 6) is -0.0934. The van der Waals surface area contributed by atoms with E-state index in [0.717, 1.165) is 11.3 Å². The Morgan fingerprint density at radius 3 is 2.35 bits per heavy atom. The van der Waals surface area contributed by atoms with Crippen LogP contribution >= 0.6 is 0 Å². The summed E-state index contributed by atoms with van der Waals surface area (Å²) in [5, 5.41) is 3.83. The van der Waals surface area contributed by atoms with Gasteiger partial charge in [-0.15, -0.1) is 0 Å². The van der Waals surface area contributed by atoms with E-state index in [9.17, 15) is 4.79 Å². The lowest BCUT2D eigenvalue weighted by Gasteiger charge is -2.10. The first-order chi connectivity index (χ1) is 9.84. The monoisotopic (exact) mass is 267 g/mol. The second kappa shape index (κ2) is 5.57. The molecule has 20 heavy (non-hydrogen) atoms. The molecule has 4 heteroatoms. The number of nitrogens with zero attached hydrogens (tertiary/aromatic N) is 1. The molecule has 0 bridgehead atoms. The molecule has 0 N–H and O–H groups in total. The van der Waals surface area contributed by atoms with E-state index in [2.05, 4.69) is 5.16 Å². The molecule has 0 amide bonds. The first-order valence-electron chi connectivity index (χ1n) is 6.35. The average Bonchev–Trinajstić information content (AvgIpc) is 2.88. The van der Waals surface area contributed by atoms with E-state index in [1.165, 1.54) is 0 Å². The second-order valence-electron chi connectivity index (χ2n) is 4.44. The topological polar surface area (TPSA) is 47.9 Å². The van der Waals surface area contributed by atoms with Crippen LogP contribution in [-0.2, 0) is 9.63 Å². The molecule has 1 aliphatic rings. The Labute approximate surface area is 116 Å². The maximum absolute atomic E-state index is 11.8. The minimum Gasteiger partial charge on any atom is -0.487 e. The van der Waals surface area contributed by atoms with Crippen molar-refractivity contribution in [3.8, 4) is 5.75 Å². The van der Waals surface area contributed by atoms with E-state index in [1.807, 2.05) is 60.7 Å². The van der Waals surface area contributed by atoms with Crippen molar-refractivity contribution in [3.63, 3.8) is 0 Å². The minimum absolute atomic E-state index is 0.231.